The molecule has 9 nitrogen and oxygen atoms in total. The molecule has 3 saturated carbocycles. The van der Waals surface area contributed by atoms with Gasteiger partial charge in [-0.25, -0.2) is 0 Å². The number of esters is 4. The van der Waals surface area contributed by atoms with E-state index >= 15 is 0 Å². The van der Waals surface area contributed by atoms with E-state index < -0.39 is 59.8 Å². The fourth-order valence-electron chi connectivity index (χ4n) is 8.82. The quantitative estimate of drug-likeness (QED) is 0.413. The van der Waals surface area contributed by atoms with Gasteiger partial charge < -0.3 is 23.7 Å². The van der Waals surface area contributed by atoms with Crippen LogP contribution in [0, 0.1) is 39.9 Å². The highest BCUT2D eigenvalue weighted by molar-refractivity contribution is 5.74. The Morgan fingerprint density at radius 1 is 0.833 bits per heavy atom. The first-order chi connectivity index (χ1) is 16.8. The van der Waals surface area contributed by atoms with Crippen LogP contribution in [0.15, 0.2) is 0 Å². The molecule has 0 N–H and O–H groups in total. The molecule has 36 heavy (non-hydrogen) atoms. The first kappa shape index (κ1) is 26.9. The van der Waals surface area contributed by atoms with Crippen molar-refractivity contribution in [2.24, 2.45) is 39.9 Å². The van der Waals surface area contributed by atoms with Crippen LogP contribution in [0.1, 0.15) is 80.1 Å². The van der Waals surface area contributed by atoms with Crippen molar-refractivity contribution in [2.75, 3.05) is 7.11 Å². The second-order valence-electron chi connectivity index (χ2n) is 12.1. The standard InChI is InChI=1S/C27H40O9/c1-14(28)33-20-13-19-25(4,5)11-8-12-26(19,6)18-10-9-17(22(31)32-7)21-23(34-15(2)29)36-24(27(18,20)21)35-16(3)30/h17-21,23-24H,8-13H2,1-7H3/t17-,18-,19+,20-,21+,23-,24-,26-,27-/m1/s1. The Balaban J connectivity index is 1.97. The Morgan fingerprint density at radius 3 is 2.06 bits per heavy atom. The summed E-state index contributed by atoms with van der Waals surface area (Å²) in [6, 6.07) is 0. The van der Waals surface area contributed by atoms with Gasteiger partial charge in [0, 0.05) is 20.8 Å². The Bertz CT molecular complexity index is 928. The first-order valence-corrected chi connectivity index (χ1v) is 13.0. The van der Waals surface area contributed by atoms with Crippen molar-refractivity contribution in [3.63, 3.8) is 0 Å². The van der Waals surface area contributed by atoms with Gasteiger partial charge in [-0.3, -0.25) is 19.2 Å². The minimum Gasteiger partial charge on any atom is -0.469 e. The van der Waals surface area contributed by atoms with E-state index in [4.69, 9.17) is 23.7 Å². The van der Waals surface area contributed by atoms with Crippen molar-refractivity contribution >= 4 is 23.9 Å². The summed E-state index contributed by atoms with van der Waals surface area (Å²) in [6.45, 7) is 10.8. The van der Waals surface area contributed by atoms with Crippen molar-refractivity contribution in [2.45, 2.75) is 98.8 Å². The Labute approximate surface area is 212 Å². The second-order valence-corrected chi connectivity index (χ2v) is 12.1. The molecule has 0 amide bonds. The summed E-state index contributed by atoms with van der Waals surface area (Å²) in [7, 11) is 1.33. The van der Waals surface area contributed by atoms with Crippen LogP contribution in [-0.4, -0.2) is 49.7 Å². The van der Waals surface area contributed by atoms with Gasteiger partial charge in [0.05, 0.1) is 24.4 Å². The molecule has 0 radical (unpaired) electrons. The lowest BCUT2D eigenvalue weighted by molar-refractivity contribution is -0.279. The molecule has 1 saturated heterocycles. The van der Waals surface area contributed by atoms with Crippen molar-refractivity contribution in [3.05, 3.63) is 0 Å². The Hall–Kier alpha value is -2.16. The van der Waals surface area contributed by atoms with Crippen molar-refractivity contribution in [1.82, 2.24) is 0 Å². The maximum absolute atomic E-state index is 13.1. The largest absolute Gasteiger partial charge is 0.469 e. The van der Waals surface area contributed by atoms with Crippen LogP contribution >= 0.6 is 0 Å². The van der Waals surface area contributed by atoms with Crippen LogP contribution in [0.4, 0.5) is 0 Å². The molecule has 1 aliphatic heterocycles. The van der Waals surface area contributed by atoms with Crippen molar-refractivity contribution in [3.8, 4) is 0 Å². The molecule has 4 aliphatic rings. The predicted octanol–water partition coefficient (Wildman–Crippen LogP) is 3.76. The zero-order valence-electron chi connectivity index (χ0n) is 22.5. The number of ether oxygens (including phenoxy) is 5. The van der Waals surface area contributed by atoms with Crippen LogP contribution < -0.4 is 0 Å². The number of fused-ring (bicyclic) bond motifs is 2. The van der Waals surface area contributed by atoms with E-state index in [-0.39, 0.29) is 22.7 Å². The topological polar surface area (TPSA) is 114 Å². The van der Waals surface area contributed by atoms with Crippen LogP contribution in [0.2, 0.25) is 0 Å². The lowest BCUT2D eigenvalue weighted by Crippen LogP contribution is -2.69. The molecule has 4 fully saturated rings. The second kappa shape index (κ2) is 9.30. The molecule has 3 aliphatic carbocycles. The van der Waals surface area contributed by atoms with Crippen LogP contribution in [0.5, 0.6) is 0 Å². The SMILES string of the molecule is COC(=O)[C@@H]1CC[C@@H]2[C@@]3(C)CCCC(C)(C)[C@@H]3C[C@@H](OC(C)=O)[C@]23[C@H](OC(C)=O)O[C@@H](OC(C)=O)[C@H]13. The van der Waals surface area contributed by atoms with E-state index in [0.29, 0.717) is 19.3 Å². The molecule has 9 atom stereocenters. The maximum atomic E-state index is 13.1. The molecule has 4 rings (SSSR count). The molecule has 0 bridgehead atoms. The molecule has 1 spiro atoms. The van der Waals surface area contributed by atoms with Gasteiger partial charge in [-0.1, -0.05) is 27.2 Å². The summed E-state index contributed by atoms with van der Waals surface area (Å²) in [4.78, 5) is 50.0. The van der Waals surface area contributed by atoms with E-state index in [1.54, 1.807) is 0 Å². The fraction of sp³-hybridized carbons (Fsp3) is 0.852. The minimum absolute atomic E-state index is 0.00732. The third-order valence-corrected chi connectivity index (χ3v) is 9.79. The lowest BCUT2D eigenvalue weighted by Gasteiger charge is -2.67. The molecule has 0 aromatic carbocycles. The van der Waals surface area contributed by atoms with Crippen LogP contribution in [-0.2, 0) is 42.9 Å². The summed E-state index contributed by atoms with van der Waals surface area (Å²) in [5.74, 6) is -3.29. The number of hydrogen-bond donors (Lipinski definition) is 0. The summed E-state index contributed by atoms with van der Waals surface area (Å²) in [5.41, 5.74) is -1.26. The monoisotopic (exact) mass is 508 g/mol. The predicted molar refractivity (Wildman–Crippen MR) is 126 cm³/mol. The third-order valence-electron chi connectivity index (χ3n) is 9.79. The van der Waals surface area contributed by atoms with E-state index in [0.717, 1.165) is 19.3 Å². The van der Waals surface area contributed by atoms with E-state index in [2.05, 4.69) is 20.8 Å². The van der Waals surface area contributed by atoms with Crippen LogP contribution in [0.3, 0.4) is 0 Å². The van der Waals surface area contributed by atoms with Gasteiger partial charge in [0.25, 0.3) is 0 Å². The highest BCUT2D eigenvalue weighted by atomic mass is 16.8. The van der Waals surface area contributed by atoms with Gasteiger partial charge in [0.2, 0.25) is 12.6 Å². The molecule has 9 heteroatoms. The van der Waals surface area contributed by atoms with Crippen molar-refractivity contribution < 1.29 is 42.9 Å². The Kier molecular flexibility index (Phi) is 6.94. The first-order valence-electron chi connectivity index (χ1n) is 13.0. The van der Waals surface area contributed by atoms with Gasteiger partial charge in [0.1, 0.15) is 6.10 Å². The number of carbonyl (C=O) groups excluding carboxylic acids is 4. The normalized spacial score (nSPS) is 42.7. The Morgan fingerprint density at radius 2 is 1.47 bits per heavy atom. The van der Waals surface area contributed by atoms with Crippen LogP contribution in [0.25, 0.3) is 0 Å². The highest BCUT2D eigenvalue weighted by Crippen LogP contribution is 2.73. The van der Waals surface area contributed by atoms with Crippen molar-refractivity contribution in [1.29, 1.82) is 0 Å². The molecule has 0 unspecified atom stereocenters. The number of methoxy groups -OCH3 is 1. The molecule has 0 aromatic rings. The van der Waals surface area contributed by atoms with E-state index in [9.17, 15) is 19.2 Å². The number of hydrogen-bond acceptors (Lipinski definition) is 9. The summed E-state index contributed by atoms with van der Waals surface area (Å²) >= 11 is 0. The average molecular weight is 509 g/mol. The van der Waals surface area contributed by atoms with Gasteiger partial charge in [-0.2, -0.15) is 0 Å². The van der Waals surface area contributed by atoms with Gasteiger partial charge in [-0.15, -0.1) is 0 Å². The molecular formula is C27H40O9. The fourth-order valence-corrected chi connectivity index (χ4v) is 8.82. The zero-order valence-corrected chi connectivity index (χ0v) is 22.5. The van der Waals surface area contributed by atoms with Gasteiger partial charge in [0.15, 0.2) is 0 Å². The molecular weight excluding hydrogens is 468 g/mol. The molecule has 0 aromatic heterocycles. The van der Waals surface area contributed by atoms with E-state index in [1.807, 2.05) is 0 Å². The minimum atomic E-state index is -1.14. The average Bonchev–Trinajstić information content (AvgIpc) is 3.06. The lowest BCUT2D eigenvalue weighted by atomic mass is 9.37. The zero-order chi connectivity index (χ0) is 26.6. The third kappa shape index (κ3) is 4.02. The summed E-state index contributed by atoms with van der Waals surface area (Å²) in [5, 5.41) is 0. The summed E-state index contributed by atoms with van der Waals surface area (Å²) < 4.78 is 28.9. The number of carbonyl (C=O) groups is 4. The molecule has 1 heterocycles. The molecule has 202 valence electrons. The smallest absolute Gasteiger partial charge is 0.309 e. The summed E-state index contributed by atoms with van der Waals surface area (Å²) in [6.07, 6.45) is 1.77. The highest BCUT2D eigenvalue weighted by Gasteiger charge is 2.77. The van der Waals surface area contributed by atoms with E-state index in [1.165, 1.54) is 27.9 Å². The number of rotatable bonds is 4. The van der Waals surface area contributed by atoms with Gasteiger partial charge >= 0.3 is 23.9 Å². The van der Waals surface area contributed by atoms with Gasteiger partial charge in [-0.05, 0) is 54.8 Å². The maximum Gasteiger partial charge on any atom is 0.309 e.